The van der Waals surface area contributed by atoms with Crippen LogP contribution in [0.3, 0.4) is 0 Å². The highest BCUT2D eigenvalue weighted by molar-refractivity contribution is 5.91. The minimum absolute atomic E-state index is 0.296. The topological polar surface area (TPSA) is 46.8 Å². The smallest absolute Gasteiger partial charge is 0.414 e. The molecule has 0 saturated heterocycles. The number of nitrogens with zero attached hydrogens (tertiary/aromatic N) is 3. The third-order valence-electron chi connectivity index (χ3n) is 2.57. The fourth-order valence-electron chi connectivity index (χ4n) is 1.83. The van der Waals surface area contributed by atoms with Crippen LogP contribution in [0, 0.1) is 6.57 Å². The van der Waals surface area contributed by atoms with E-state index in [0.717, 1.165) is 17.7 Å². The van der Waals surface area contributed by atoms with Gasteiger partial charge in [0.05, 0.1) is 0 Å². The molecule has 0 N–H and O–H groups in total. The Kier molecular flexibility index (Phi) is 2.95. The van der Waals surface area contributed by atoms with Crippen molar-refractivity contribution in [1.82, 2.24) is 4.98 Å². The molecule has 1 aliphatic rings. The third kappa shape index (κ3) is 2.43. The summed E-state index contributed by atoms with van der Waals surface area (Å²) in [6.07, 6.45) is 2.04. The van der Waals surface area contributed by atoms with Crippen LogP contribution in [0.2, 0.25) is 0 Å². The summed E-state index contributed by atoms with van der Waals surface area (Å²) in [7, 11) is 0. The van der Waals surface area contributed by atoms with Crippen LogP contribution in [0.15, 0.2) is 12.3 Å². The van der Waals surface area contributed by atoms with Crippen molar-refractivity contribution in [2.75, 3.05) is 11.4 Å². The van der Waals surface area contributed by atoms with Gasteiger partial charge in [0.15, 0.2) is 0 Å². The highest BCUT2D eigenvalue weighted by Crippen LogP contribution is 2.31. The van der Waals surface area contributed by atoms with E-state index in [4.69, 9.17) is 11.3 Å². The summed E-state index contributed by atoms with van der Waals surface area (Å²) in [5.74, 6) is 0.296. The molecule has 18 heavy (non-hydrogen) atoms. The van der Waals surface area contributed by atoms with Crippen molar-refractivity contribution in [3.05, 3.63) is 29.2 Å². The molecule has 0 spiro atoms. The van der Waals surface area contributed by atoms with Crippen LogP contribution in [-0.2, 0) is 11.2 Å². The van der Waals surface area contributed by atoms with E-state index in [-0.39, 0.29) is 6.09 Å². The van der Waals surface area contributed by atoms with Gasteiger partial charge < -0.3 is 9.58 Å². The number of aromatic nitrogens is 1. The molecule has 0 radical (unpaired) electrons. The van der Waals surface area contributed by atoms with Crippen molar-refractivity contribution in [1.29, 1.82) is 0 Å². The number of rotatable bonds is 0. The maximum absolute atomic E-state index is 12.0. The first-order chi connectivity index (χ1) is 8.40. The van der Waals surface area contributed by atoms with Crippen molar-refractivity contribution in [2.24, 2.45) is 0 Å². The van der Waals surface area contributed by atoms with Gasteiger partial charge in [-0.2, -0.15) is 0 Å². The number of amides is 1. The second-order valence-corrected chi connectivity index (χ2v) is 5.16. The first-order valence-electron chi connectivity index (χ1n) is 5.77. The van der Waals surface area contributed by atoms with Gasteiger partial charge in [-0.3, -0.25) is 4.90 Å². The molecule has 2 rings (SSSR count). The summed E-state index contributed by atoms with van der Waals surface area (Å²) < 4.78 is 5.34. The van der Waals surface area contributed by atoms with Gasteiger partial charge in [0, 0.05) is 17.8 Å². The van der Waals surface area contributed by atoms with Gasteiger partial charge >= 0.3 is 6.09 Å². The summed E-state index contributed by atoms with van der Waals surface area (Å²) in [5.41, 5.74) is 1.20. The van der Waals surface area contributed by atoms with Gasteiger partial charge in [0.1, 0.15) is 11.8 Å². The fourth-order valence-corrected chi connectivity index (χ4v) is 1.83. The van der Waals surface area contributed by atoms with Gasteiger partial charge in [-0.15, -0.1) is 4.98 Å². The van der Waals surface area contributed by atoms with E-state index in [1.165, 1.54) is 0 Å². The molecule has 0 aliphatic carbocycles. The monoisotopic (exact) mass is 245 g/mol. The van der Waals surface area contributed by atoms with Crippen LogP contribution >= 0.6 is 0 Å². The molecule has 1 aromatic rings. The average molecular weight is 245 g/mol. The second kappa shape index (κ2) is 4.30. The molecule has 0 aromatic carbocycles. The Balaban J connectivity index is 2.26. The quantitative estimate of drug-likeness (QED) is 0.660. The van der Waals surface area contributed by atoms with Crippen LogP contribution < -0.4 is 4.90 Å². The maximum Gasteiger partial charge on any atom is 0.414 e. The molecule has 94 valence electrons. The second-order valence-electron chi connectivity index (χ2n) is 5.16. The molecule has 5 heteroatoms. The molecule has 0 fully saturated rings. The van der Waals surface area contributed by atoms with E-state index in [1.54, 1.807) is 17.2 Å². The first kappa shape index (κ1) is 12.4. The summed E-state index contributed by atoms with van der Waals surface area (Å²) in [6.45, 7) is 13.0. The Hall–Kier alpha value is -2.09. The van der Waals surface area contributed by atoms with E-state index in [9.17, 15) is 4.79 Å². The molecule has 1 aliphatic heterocycles. The molecule has 0 unspecified atom stereocenters. The zero-order valence-electron chi connectivity index (χ0n) is 10.7. The van der Waals surface area contributed by atoms with Crippen molar-refractivity contribution >= 4 is 17.6 Å². The highest BCUT2D eigenvalue weighted by atomic mass is 16.6. The lowest BCUT2D eigenvalue weighted by atomic mass is 10.2. The van der Waals surface area contributed by atoms with Crippen LogP contribution in [0.4, 0.5) is 16.3 Å². The third-order valence-corrected chi connectivity index (χ3v) is 2.57. The molecular weight excluding hydrogens is 230 g/mol. The lowest BCUT2D eigenvalue weighted by Crippen LogP contribution is -2.35. The van der Waals surface area contributed by atoms with Gasteiger partial charge in [0.25, 0.3) is 5.82 Å². The lowest BCUT2D eigenvalue weighted by Gasteiger charge is -2.24. The fraction of sp³-hybridized carbons (Fsp3) is 0.462. The van der Waals surface area contributed by atoms with Crippen molar-refractivity contribution in [2.45, 2.75) is 32.8 Å². The molecule has 0 atom stereocenters. The zero-order valence-corrected chi connectivity index (χ0v) is 10.7. The van der Waals surface area contributed by atoms with Gasteiger partial charge in [-0.05, 0) is 33.3 Å². The minimum Gasteiger partial charge on any atom is -0.443 e. The van der Waals surface area contributed by atoms with Gasteiger partial charge in [-0.1, -0.05) is 6.57 Å². The van der Waals surface area contributed by atoms with Crippen molar-refractivity contribution < 1.29 is 9.53 Å². The van der Waals surface area contributed by atoms with E-state index in [1.807, 2.05) is 20.8 Å². The Morgan fingerprint density at radius 1 is 1.56 bits per heavy atom. The van der Waals surface area contributed by atoms with Gasteiger partial charge in [-0.25, -0.2) is 4.79 Å². The maximum atomic E-state index is 12.0. The molecule has 1 aromatic heterocycles. The van der Waals surface area contributed by atoms with E-state index < -0.39 is 5.60 Å². The first-order valence-corrected chi connectivity index (χ1v) is 5.77. The number of hydrogen-bond acceptors (Lipinski definition) is 3. The Morgan fingerprint density at radius 2 is 2.28 bits per heavy atom. The highest BCUT2D eigenvalue weighted by Gasteiger charge is 2.29. The Labute approximate surface area is 106 Å². The van der Waals surface area contributed by atoms with E-state index in [0.29, 0.717) is 12.4 Å². The van der Waals surface area contributed by atoms with Crippen LogP contribution in [0.5, 0.6) is 0 Å². The number of ether oxygens (including phenoxy) is 1. The largest absolute Gasteiger partial charge is 0.443 e. The van der Waals surface area contributed by atoms with Crippen molar-refractivity contribution in [3.8, 4) is 0 Å². The molecule has 0 saturated carbocycles. The average Bonchev–Trinajstić information content (AvgIpc) is 2.69. The SMILES string of the molecule is [C-]#[N+]c1cc2c(cn1)CCN2C(=O)OC(C)(C)C. The number of hydrogen-bond donors (Lipinski definition) is 0. The predicted molar refractivity (Wildman–Crippen MR) is 67.8 cm³/mol. The van der Waals surface area contributed by atoms with Crippen molar-refractivity contribution in [3.63, 3.8) is 0 Å². The van der Waals surface area contributed by atoms with E-state index >= 15 is 0 Å². The number of pyridine rings is 1. The Morgan fingerprint density at radius 3 is 2.89 bits per heavy atom. The van der Waals surface area contributed by atoms with E-state index in [2.05, 4.69) is 9.83 Å². The molecular formula is C13H15N3O2. The summed E-state index contributed by atoms with van der Waals surface area (Å²) in [4.78, 5) is 20.9. The lowest BCUT2D eigenvalue weighted by molar-refractivity contribution is 0.0584. The number of carbonyl (C=O) groups excluding carboxylic acids is 1. The number of fused-ring (bicyclic) bond motifs is 1. The van der Waals surface area contributed by atoms with Crippen LogP contribution in [-0.4, -0.2) is 23.2 Å². The molecule has 0 bridgehead atoms. The molecule has 1 amide bonds. The summed E-state index contributed by atoms with van der Waals surface area (Å²) in [6, 6.07) is 1.64. The van der Waals surface area contributed by atoms with Crippen LogP contribution in [0.1, 0.15) is 26.3 Å². The standard InChI is InChI=1S/C13H15N3O2/c1-13(2,3)18-12(17)16-6-5-9-8-15-11(14-4)7-10(9)16/h7-8H,5-6H2,1-3H3. The zero-order chi connectivity index (χ0) is 13.3. The predicted octanol–water partition coefficient (Wildman–Crippen LogP) is 2.93. The number of anilines is 1. The molecule has 5 nitrogen and oxygen atoms in total. The Bertz CT molecular complexity index is 526. The molecule has 2 heterocycles. The summed E-state index contributed by atoms with van der Waals surface area (Å²) in [5, 5.41) is 0. The van der Waals surface area contributed by atoms with Crippen LogP contribution in [0.25, 0.3) is 4.85 Å². The minimum atomic E-state index is -0.518. The normalized spacial score (nSPS) is 14.0. The van der Waals surface area contributed by atoms with Gasteiger partial charge in [0.2, 0.25) is 0 Å². The summed E-state index contributed by atoms with van der Waals surface area (Å²) >= 11 is 0. The number of carbonyl (C=O) groups is 1.